The summed E-state index contributed by atoms with van der Waals surface area (Å²) in [5.41, 5.74) is -0.483. The summed E-state index contributed by atoms with van der Waals surface area (Å²) in [6, 6.07) is 0.363. The van der Waals surface area contributed by atoms with Gasteiger partial charge in [-0.15, -0.1) is 0 Å². The van der Waals surface area contributed by atoms with Crippen molar-refractivity contribution in [3.63, 3.8) is 0 Å². The van der Waals surface area contributed by atoms with E-state index in [0.29, 0.717) is 19.0 Å². The number of cyclic esters (lactones) is 1. The first-order chi connectivity index (χ1) is 7.64. The van der Waals surface area contributed by atoms with Gasteiger partial charge in [-0.3, -0.25) is 0 Å². The third-order valence-corrected chi connectivity index (χ3v) is 3.73. The number of rotatable bonds is 3. The molecule has 1 atom stereocenters. The molecule has 1 aliphatic carbocycles. The standard InChI is InChI=1S/C12H21NO3/c1-12(7-8-14)9-13(11(15)16-12)10-5-3-2-4-6-10/h10,14H,2-9H2,1H3. The molecule has 1 amide bonds. The van der Waals surface area contributed by atoms with Gasteiger partial charge in [-0.1, -0.05) is 19.3 Å². The summed E-state index contributed by atoms with van der Waals surface area (Å²) in [6.45, 7) is 2.61. The number of hydrogen-bond acceptors (Lipinski definition) is 3. The Morgan fingerprint density at radius 2 is 2.12 bits per heavy atom. The first-order valence-corrected chi connectivity index (χ1v) is 6.25. The van der Waals surface area contributed by atoms with Gasteiger partial charge in [0.2, 0.25) is 0 Å². The fourth-order valence-corrected chi connectivity index (χ4v) is 2.76. The van der Waals surface area contributed by atoms with Crippen LogP contribution in [0.3, 0.4) is 0 Å². The number of carbonyl (C=O) groups is 1. The van der Waals surface area contributed by atoms with Gasteiger partial charge >= 0.3 is 6.09 Å². The van der Waals surface area contributed by atoms with Crippen LogP contribution >= 0.6 is 0 Å². The minimum atomic E-state index is -0.483. The Bertz CT molecular complexity index is 263. The summed E-state index contributed by atoms with van der Waals surface area (Å²) in [4.78, 5) is 13.7. The fourth-order valence-electron chi connectivity index (χ4n) is 2.76. The van der Waals surface area contributed by atoms with Gasteiger partial charge in [-0.2, -0.15) is 0 Å². The first kappa shape index (κ1) is 11.7. The molecule has 0 aromatic rings. The summed E-state index contributed by atoms with van der Waals surface area (Å²) < 4.78 is 5.38. The second-order valence-corrected chi connectivity index (χ2v) is 5.21. The molecule has 16 heavy (non-hydrogen) atoms. The Morgan fingerprint density at radius 3 is 2.75 bits per heavy atom. The van der Waals surface area contributed by atoms with Crippen LogP contribution in [0.1, 0.15) is 45.4 Å². The largest absolute Gasteiger partial charge is 0.441 e. The number of amides is 1. The molecule has 92 valence electrons. The third kappa shape index (κ3) is 2.32. The van der Waals surface area contributed by atoms with Crippen molar-refractivity contribution >= 4 is 6.09 Å². The molecule has 0 radical (unpaired) electrons. The van der Waals surface area contributed by atoms with Crippen LogP contribution in [-0.2, 0) is 4.74 Å². The summed E-state index contributed by atoms with van der Waals surface area (Å²) in [7, 11) is 0. The van der Waals surface area contributed by atoms with E-state index >= 15 is 0 Å². The topological polar surface area (TPSA) is 49.8 Å². The maximum absolute atomic E-state index is 11.8. The second kappa shape index (κ2) is 4.62. The van der Waals surface area contributed by atoms with Crippen molar-refractivity contribution in [1.29, 1.82) is 0 Å². The van der Waals surface area contributed by atoms with Crippen molar-refractivity contribution < 1.29 is 14.6 Å². The molecule has 1 N–H and O–H groups in total. The van der Waals surface area contributed by atoms with E-state index < -0.39 is 5.60 Å². The summed E-state index contributed by atoms with van der Waals surface area (Å²) in [6.07, 6.45) is 6.25. The molecule has 2 rings (SSSR count). The van der Waals surface area contributed by atoms with Crippen LogP contribution in [0, 0.1) is 0 Å². The van der Waals surface area contributed by atoms with Crippen molar-refractivity contribution in [2.75, 3.05) is 13.2 Å². The molecule has 2 aliphatic rings. The van der Waals surface area contributed by atoms with Gasteiger partial charge in [0.25, 0.3) is 0 Å². The molecule has 1 saturated heterocycles. The number of ether oxygens (including phenoxy) is 1. The zero-order valence-electron chi connectivity index (χ0n) is 9.95. The smallest absolute Gasteiger partial charge is 0.410 e. The highest BCUT2D eigenvalue weighted by molar-refractivity contribution is 5.71. The third-order valence-electron chi connectivity index (χ3n) is 3.73. The zero-order chi connectivity index (χ0) is 11.6. The average molecular weight is 227 g/mol. The molecule has 1 unspecified atom stereocenters. The maximum atomic E-state index is 11.8. The van der Waals surface area contributed by atoms with Crippen LogP contribution in [0.15, 0.2) is 0 Å². The number of carbonyl (C=O) groups excluding carboxylic acids is 1. The number of hydrogen-bond donors (Lipinski definition) is 1. The van der Waals surface area contributed by atoms with E-state index in [9.17, 15) is 4.79 Å². The number of aliphatic hydroxyl groups is 1. The molecule has 1 heterocycles. The van der Waals surface area contributed by atoms with Crippen LogP contribution in [0.25, 0.3) is 0 Å². The lowest BCUT2D eigenvalue weighted by Gasteiger charge is -2.29. The van der Waals surface area contributed by atoms with Crippen molar-refractivity contribution in [3.05, 3.63) is 0 Å². The lowest BCUT2D eigenvalue weighted by molar-refractivity contribution is 0.0501. The second-order valence-electron chi connectivity index (χ2n) is 5.21. The van der Waals surface area contributed by atoms with Crippen molar-refractivity contribution in [3.8, 4) is 0 Å². The van der Waals surface area contributed by atoms with Crippen LogP contribution in [0.2, 0.25) is 0 Å². The van der Waals surface area contributed by atoms with Gasteiger partial charge in [0.15, 0.2) is 0 Å². The Morgan fingerprint density at radius 1 is 1.44 bits per heavy atom. The predicted molar refractivity (Wildman–Crippen MR) is 60.2 cm³/mol. The zero-order valence-corrected chi connectivity index (χ0v) is 9.95. The fraction of sp³-hybridized carbons (Fsp3) is 0.917. The molecule has 0 spiro atoms. The van der Waals surface area contributed by atoms with Crippen LogP contribution in [-0.4, -0.2) is 40.9 Å². The Kier molecular flexibility index (Phi) is 3.38. The van der Waals surface area contributed by atoms with E-state index in [0.717, 1.165) is 12.8 Å². The van der Waals surface area contributed by atoms with Crippen LogP contribution in [0.4, 0.5) is 4.79 Å². The minimum Gasteiger partial charge on any atom is -0.441 e. The molecule has 4 nitrogen and oxygen atoms in total. The van der Waals surface area contributed by atoms with Gasteiger partial charge in [-0.05, 0) is 19.8 Å². The molecule has 0 bridgehead atoms. The first-order valence-electron chi connectivity index (χ1n) is 6.25. The van der Waals surface area contributed by atoms with Gasteiger partial charge in [0.1, 0.15) is 5.60 Å². The Balaban J connectivity index is 1.98. The molecule has 1 saturated carbocycles. The monoisotopic (exact) mass is 227 g/mol. The Labute approximate surface area is 96.6 Å². The predicted octanol–water partition coefficient (Wildman–Crippen LogP) is 1.91. The molecule has 4 heteroatoms. The lowest BCUT2D eigenvalue weighted by Crippen LogP contribution is -2.39. The minimum absolute atomic E-state index is 0.0717. The molecule has 0 aromatic heterocycles. The van der Waals surface area contributed by atoms with E-state index in [1.807, 2.05) is 11.8 Å². The van der Waals surface area contributed by atoms with Gasteiger partial charge in [0.05, 0.1) is 6.54 Å². The molecule has 2 fully saturated rings. The molecular weight excluding hydrogens is 206 g/mol. The van der Waals surface area contributed by atoms with Crippen molar-refractivity contribution in [1.82, 2.24) is 4.90 Å². The number of aliphatic hydroxyl groups excluding tert-OH is 1. The quantitative estimate of drug-likeness (QED) is 0.801. The van der Waals surface area contributed by atoms with E-state index in [1.54, 1.807) is 0 Å². The van der Waals surface area contributed by atoms with Crippen molar-refractivity contribution in [2.24, 2.45) is 0 Å². The van der Waals surface area contributed by atoms with Crippen molar-refractivity contribution in [2.45, 2.75) is 57.1 Å². The Hall–Kier alpha value is -0.770. The SMILES string of the molecule is CC1(CCO)CN(C2CCCCC2)C(=O)O1. The lowest BCUT2D eigenvalue weighted by atomic mass is 9.93. The maximum Gasteiger partial charge on any atom is 0.410 e. The highest BCUT2D eigenvalue weighted by Gasteiger charge is 2.43. The molecule has 1 aliphatic heterocycles. The average Bonchev–Trinajstić information content (AvgIpc) is 2.56. The van der Waals surface area contributed by atoms with E-state index in [4.69, 9.17) is 9.84 Å². The van der Waals surface area contributed by atoms with E-state index in [2.05, 4.69) is 0 Å². The normalized spacial score (nSPS) is 31.9. The van der Waals surface area contributed by atoms with E-state index in [1.165, 1.54) is 19.3 Å². The van der Waals surface area contributed by atoms with Gasteiger partial charge in [0, 0.05) is 19.1 Å². The van der Waals surface area contributed by atoms with Gasteiger partial charge < -0.3 is 14.7 Å². The van der Waals surface area contributed by atoms with Gasteiger partial charge in [-0.25, -0.2) is 4.79 Å². The van der Waals surface area contributed by atoms with Crippen LogP contribution < -0.4 is 0 Å². The summed E-state index contributed by atoms with van der Waals surface area (Å²) in [5, 5.41) is 8.96. The van der Waals surface area contributed by atoms with Crippen LogP contribution in [0.5, 0.6) is 0 Å². The summed E-state index contributed by atoms with van der Waals surface area (Å²) >= 11 is 0. The highest BCUT2D eigenvalue weighted by Crippen LogP contribution is 2.31. The van der Waals surface area contributed by atoms with E-state index in [-0.39, 0.29) is 12.7 Å². The highest BCUT2D eigenvalue weighted by atomic mass is 16.6. The molecular formula is C12H21NO3. The number of nitrogens with zero attached hydrogens (tertiary/aromatic N) is 1. The summed E-state index contributed by atoms with van der Waals surface area (Å²) in [5.74, 6) is 0. The molecule has 0 aromatic carbocycles.